The Morgan fingerprint density at radius 1 is 1.15 bits per heavy atom. The van der Waals surface area contributed by atoms with Gasteiger partial charge in [-0.2, -0.15) is 4.39 Å². The number of benzene rings is 1. The van der Waals surface area contributed by atoms with E-state index in [1.807, 2.05) is 0 Å². The maximum absolute atomic E-state index is 12.8. The van der Waals surface area contributed by atoms with Crippen molar-refractivity contribution >= 4 is 11.8 Å². The first kappa shape index (κ1) is 13.9. The number of rotatable bonds is 4. The number of ether oxygens (including phenoxy) is 1. The van der Waals surface area contributed by atoms with Gasteiger partial charge in [-0.15, -0.1) is 0 Å². The molecule has 0 unspecified atom stereocenters. The Labute approximate surface area is 115 Å². The van der Waals surface area contributed by atoms with Crippen LogP contribution < -0.4 is 0 Å². The molecule has 0 spiro atoms. The lowest BCUT2D eigenvalue weighted by atomic mass is 9.99. The molecule has 0 bridgehead atoms. The first-order valence-electron chi connectivity index (χ1n) is 6.06. The molecule has 0 amide bonds. The molecule has 0 aliphatic carbocycles. The van der Waals surface area contributed by atoms with Crippen LogP contribution >= 0.6 is 0 Å². The van der Waals surface area contributed by atoms with Crippen LogP contribution in [-0.4, -0.2) is 23.3 Å². The number of carbonyl (C=O) groups excluding carboxylic acids is 2. The van der Waals surface area contributed by atoms with Crippen molar-refractivity contribution in [3.63, 3.8) is 0 Å². The summed E-state index contributed by atoms with van der Waals surface area (Å²) in [5.74, 6) is -1.63. The smallest absolute Gasteiger partial charge is 0.338 e. The van der Waals surface area contributed by atoms with Crippen molar-refractivity contribution in [2.75, 3.05) is 6.61 Å². The van der Waals surface area contributed by atoms with Crippen molar-refractivity contribution in [2.45, 2.75) is 6.92 Å². The van der Waals surface area contributed by atoms with Gasteiger partial charge in [0.15, 0.2) is 5.78 Å². The van der Waals surface area contributed by atoms with Gasteiger partial charge in [-0.25, -0.2) is 9.78 Å². The standard InChI is InChI=1S/C15H12FNO3/c1-2-20-15(19)12-6-4-3-5-11(12)14(18)10-7-8-13(16)17-9-10/h3-9H,2H2,1H3. The van der Waals surface area contributed by atoms with E-state index in [0.29, 0.717) is 0 Å². The minimum Gasteiger partial charge on any atom is -0.462 e. The van der Waals surface area contributed by atoms with Crippen molar-refractivity contribution < 1.29 is 18.7 Å². The Morgan fingerprint density at radius 2 is 1.85 bits per heavy atom. The predicted molar refractivity (Wildman–Crippen MR) is 70.0 cm³/mol. The van der Waals surface area contributed by atoms with E-state index in [4.69, 9.17) is 4.74 Å². The molecular weight excluding hydrogens is 261 g/mol. The van der Waals surface area contributed by atoms with Crippen LogP contribution in [-0.2, 0) is 4.74 Å². The first-order valence-corrected chi connectivity index (χ1v) is 6.06. The normalized spacial score (nSPS) is 10.1. The summed E-state index contributed by atoms with van der Waals surface area (Å²) in [7, 11) is 0. The molecule has 4 nitrogen and oxygen atoms in total. The SMILES string of the molecule is CCOC(=O)c1ccccc1C(=O)c1ccc(F)nc1. The molecule has 20 heavy (non-hydrogen) atoms. The van der Waals surface area contributed by atoms with Gasteiger partial charge < -0.3 is 4.74 Å². The van der Waals surface area contributed by atoms with Crippen molar-refractivity contribution in [3.05, 3.63) is 65.2 Å². The van der Waals surface area contributed by atoms with Crippen molar-refractivity contribution in [1.29, 1.82) is 0 Å². The van der Waals surface area contributed by atoms with E-state index in [0.717, 1.165) is 12.3 Å². The zero-order valence-corrected chi connectivity index (χ0v) is 10.8. The highest BCUT2D eigenvalue weighted by Gasteiger charge is 2.18. The third kappa shape index (κ3) is 2.88. The maximum Gasteiger partial charge on any atom is 0.338 e. The second-order valence-electron chi connectivity index (χ2n) is 3.96. The maximum atomic E-state index is 12.8. The number of hydrogen-bond acceptors (Lipinski definition) is 4. The summed E-state index contributed by atoms with van der Waals surface area (Å²) in [5.41, 5.74) is 0.603. The van der Waals surface area contributed by atoms with Crippen LogP contribution in [0, 0.1) is 5.95 Å². The van der Waals surface area contributed by atoms with E-state index in [1.165, 1.54) is 18.2 Å². The summed E-state index contributed by atoms with van der Waals surface area (Å²) >= 11 is 0. The Morgan fingerprint density at radius 3 is 2.45 bits per heavy atom. The topological polar surface area (TPSA) is 56.3 Å². The number of pyridine rings is 1. The number of hydrogen-bond donors (Lipinski definition) is 0. The molecule has 0 radical (unpaired) electrons. The van der Waals surface area contributed by atoms with Crippen LogP contribution in [0.1, 0.15) is 33.2 Å². The van der Waals surface area contributed by atoms with Crippen molar-refractivity contribution in [2.24, 2.45) is 0 Å². The molecule has 0 atom stereocenters. The zero-order valence-electron chi connectivity index (χ0n) is 10.8. The fourth-order valence-corrected chi connectivity index (χ4v) is 1.73. The van der Waals surface area contributed by atoms with Gasteiger partial charge in [-0.3, -0.25) is 4.79 Å². The number of esters is 1. The molecular formula is C15H12FNO3. The van der Waals surface area contributed by atoms with Gasteiger partial charge in [0.25, 0.3) is 0 Å². The molecule has 0 saturated carbocycles. The highest BCUT2D eigenvalue weighted by Crippen LogP contribution is 2.15. The van der Waals surface area contributed by atoms with Gasteiger partial charge in [0.1, 0.15) is 0 Å². The van der Waals surface area contributed by atoms with Gasteiger partial charge in [-0.05, 0) is 25.1 Å². The molecule has 0 aliphatic heterocycles. The molecule has 0 fully saturated rings. The molecule has 1 heterocycles. The highest BCUT2D eigenvalue weighted by atomic mass is 19.1. The third-order valence-electron chi connectivity index (χ3n) is 2.66. The first-order chi connectivity index (χ1) is 9.63. The van der Waals surface area contributed by atoms with E-state index in [2.05, 4.69) is 4.98 Å². The van der Waals surface area contributed by atoms with E-state index in [1.54, 1.807) is 19.1 Å². The number of nitrogens with zero attached hydrogens (tertiary/aromatic N) is 1. The molecule has 0 aliphatic rings. The summed E-state index contributed by atoms with van der Waals surface area (Å²) in [6.45, 7) is 1.91. The monoisotopic (exact) mass is 273 g/mol. The van der Waals surface area contributed by atoms with Crippen LogP contribution in [0.4, 0.5) is 4.39 Å². The van der Waals surface area contributed by atoms with E-state index in [-0.39, 0.29) is 23.3 Å². The second kappa shape index (κ2) is 6.06. The fourth-order valence-electron chi connectivity index (χ4n) is 1.73. The number of halogens is 1. The number of aromatic nitrogens is 1. The van der Waals surface area contributed by atoms with Crippen LogP contribution in [0.3, 0.4) is 0 Å². The van der Waals surface area contributed by atoms with Gasteiger partial charge >= 0.3 is 5.97 Å². The number of ketones is 1. The van der Waals surface area contributed by atoms with E-state index in [9.17, 15) is 14.0 Å². The Kier molecular flexibility index (Phi) is 4.20. The molecule has 2 rings (SSSR count). The van der Waals surface area contributed by atoms with Crippen LogP contribution in [0.15, 0.2) is 42.6 Å². The third-order valence-corrected chi connectivity index (χ3v) is 2.66. The molecule has 0 saturated heterocycles. The molecule has 0 N–H and O–H groups in total. The quantitative estimate of drug-likeness (QED) is 0.488. The Balaban J connectivity index is 2.39. The summed E-state index contributed by atoms with van der Waals surface area (Å²) in [6, 6.07) is 8.76. The second-order valence-corrected chi connectivity index (χ2v) is 3.96. The van der Waals surface area contributed by atoms with Crippen LogP contribution in [0.5, 0.6) is 0 Å². The number of carbonyl (C=O) groups is 2. The minimum absolute atomic E-state index is 0.184. The average Bonchev–Trinajstić information content (AvgIpc) is 2.47. The van der Waals surface area contributed by atoms with E-state index < -0.39 is 17.7 Å². The molecule has 1 aromatic heterocycles. The van der Waals surface area contributed by atoms with Gasteiger partial charge in [-0.1, -0.05) is 18.2 Å². The summed E-state index contributed by atoms with van der Waals surface area (Å²) in [6.07, 6.45) is 1.14. The molecule has 5 heteroatoms. The highest BCUT2D eigenvalue weighted by molar-refractivity contribution is 6.14. The average molecular weight is 273 g/mol. The predicted octanol–water partition coefficient (Wildman–Crippen LogP) is 2.63. The lowest BCUT2D eigenvalue weighted by molar-refractivity contribution is 0.0523. The Hall–Kier alpha value is -2.56. The van der Waals surface area contributed by atoms with Gasteiger partial charge in [0.2, 0.25) is 5.95 Å². The molecule has 1 aromatic carbocycles. The summed E-state index contributed by atoms with van der Waals surface area (Å²) in [4.78, 5) is 27.6. The zero-order chi connectivity index (χ0) is 14.5. The minimum atomic E-state index is -0.666. The fraction of sp³-hybridized carbons (Fsp3) is 0.133. The van der Waals surface area contributed by atoms with Crippen LogP contribution in [0.2, 0.25) is 0 Å². The van der Waals surface area contributed by atoms with Gasteiger partial charge in [0.05, 0.1) is 12.2 Å². The molecule has 102 valence electrons. The van der Waals surface area contributed by atoms with E-state index >= 15 is 0 Å². The lowest BCUT2D eigenvalue weighted by Gasteiger charge is -2.07. The molecule has 2 aromatic rings. The van der Waals surface area contributed by atoms with Crippen molar-refractivity contribution in [1.82, 2.24) is 4.98 Å². The van der Waals surface area contributed by atoms with Crippen molar-refractivity contribution in [3.8, 4) is 0 Å². The largest absolute Gasteiger partial charge is 0.462 e. The van der Waals surface area contributed by atoms with Crippen LogP contribution in [0.25, 0.3) is 0 Å². The Bertz CT molecular complexity index is 638. The lowest BCUT2D eigenvalue weighted by Crippen LogP contribution is -2.12. The summed E-state index contributed by atoms with van der Waals surface area (Å²) < 4.78 is 17.7. The summed E-state index contributed by atoms with van der Waals surface area (Å²) in [5, 5.41) is 0. The van der Waals surface area contributed by atoms with Gasteiger partial charge in [0, 0.05) is 17.3 Å².